The first-order valence-electron chi connectivity index (χ1n) is 6.98. The highest BCUT2D eigenvalue weighted by Crippen LogP contribution is 2.26. The predicted molar refractivity (Wildman–Crippen MR) is 77.0 cm³/mol. The Morgan fingerprint density at radius 1 is 1.32 bits per heavy atom. The molecule has 102 valence electrons. The summed E-state index contributed by atoms with van der Waals surface area (Å²) in [6.45, 7) is 2.18. The topological polar surface area (TPSA) is 63.2 Å². The lowest BCUT2D eigenvalue weighted by Crippen LogP contribution is -2.29. The number of nitrogens with zero attached hydrogens (tertiary/aromatic N) is 1. The van der Waals surface area contributed by atoms with E-state index < -0.39 is 6.23 Å². The maximum Gasteiger partial charge on any atom is 0.106 e. The summed E-state index contributed by atoms with van der Waals surface area (Å²) in [6.07, 6.45) is 4.26. The second kappa shape index (κ2) is 5.33. The molecule has 0 spiro atoms. The Kier molecular flexibility index (Phi) is 3.55. The van der Waals surface area contributed by atoms with Crippen molar-refractivity contribution in [3.05, 3.63) is 36.0 Å². The Morgan fingerprint density at radius 3 is 2.84 bits per heavy atom. The molecule has 1 fully saturated rings. The van der Waals surface area contributed by atoms with E-state index in [1.54, 1.807) is 0 Å². The molecular weight excluding hydrogens is 238 g/mol. The molecule has 0 aliphatic carbocycles. The summed E-state index contributed by atoms with van der Waals surface area (Å²) >= 11 is 0. The summed E-state index contributed by atoms with van der Waals surface area (Å²) in [4.78, 5) is 0. The first-order valence-corrected chi connectivity index (χ1v) is 6.98. The minimum atomic E-state index is -0.778. The maximum atomic E-state index is 9.31. The zero-order valence-corrected chi connectivity index (χ0v) is 11.0. The Morgan fingerprint density at radius 2 is 2.11 bits per heavy atom. The van der Waals surface area contributed by atoms with Crippen molar-refractivity contribution in [2.45, 2.75) is 31.5 Å². The van der Waals surface area contributed by atoms with Gasteiger partial charge in [0.05, 0.1) is 0 Å². The molecule has 4 nitrogen and oxygen atoms in total. The van der Waals surface area contributed by atoms with Crippen molar-refractivity contribution in [3.63, 3.8) is 0 Å². The quantitative estimate of drug-likeness (QED) is 0.730. The van der Waals surface area contributed by atoms with Gasteiger partial charge < -0.3 is 20.7 Å². The zero-order valence-electron chi connectivity index (χ0n) is 11.0. The molecule has 0 amide bonds. The van der Waals surface area contributed by atoms with Crippen LogP contribution in [0.2, 0.25) is 0 Å². The van der Waals surface area contributed by atoms with Crippen LogP contribution in [0.1, 0.15) is 24.4 Å². The van der Waals surface area contributed by atoms with E-state index in [1.807, 2.05) is 6.07 Å². The van der Waals surface area contributed by atoms with Crippen LogP contribution in [0, 0.1) is 0 Å². The molecule has 0 saturated carbocycles. The molecule has 2 heterocycles. The van der Waals surface area contributed by atoms with Gasteiger partial charge in [-0.1, -0.05) is 12.1 Å². The molecular formula is C15H21N3O. The fourth-order valence-electron chi connectivity index (χ4n) is 2.97. The largest absolute Gasteiger partial charge is 0.378 e. The van der Waals surface area contributed by atoms with Crippen molar-refractivity contribution in [1.82, 2.24) is 9.88 Å². The van der Waals surface area contributed by atoms with Gasteiger partial charge in [-0.3, -0.25) is 0 Å². The molecule has 1 aromatic heterocycles. The summed E-state index contributed by atoms with van der Waals surface area (Å²) in [5.74, 6) is 0. The third-order valence-corrected chi connectivity index (χ3v) is 3.93. The number of aromatic nitrogens is 1. The molecule has 0 bridgehead atoms. The Balaban J connectivity index is 1.95. The van der Waals surface area contributed by atoms with E-state index >= 15 is 0 Å². The van der Waals surface area contributed by atoms with Gasteiger partial charge >= 0.3 is 0 Å². The van der Waals surface area contributed by atoms with Crippen LogP contribution in [0.4, 0.5) is 0 Å². The monoisotopic (exact) mass is 259 g/mol. The van der Waals surface area contributed by atoms with Crippen molar-refractivity contribution in [2.24, 2.45) is 5.73 Å². The fourth-order valence-corrected chi connectivity index (χ4v) is 2.97. The van der Waals surface area contributed by atoms with Crippen LogP contribution in [0.5, 0.6) is 0 Å². The molecule has 4 heteroatoms. The van der Waals surface area contributed by atoms with Crippen LogP contribution in [0.3, 0.4) is 0 Å². The first kappa shape index (κ1) is 12.7. The van der Waals surface area contributed by atoms with Gasteiger partial charge in [0.15, 0.2) is 0 Å². The van der Waals surface area contributed by atoms with E-state index in [0.717, 1.165) is 18.7 Å². The van der Waals surface area contributed by atoms with Gasteiger partial charge in [-0.2, -0.15) is 0 Å². The summed E-state index contributed by atoms with van der Waals surface area (Å²) < 4.78 is 2.38. The number of rotatable bonds is 3. The summed E-state index contributed by atoms with van der Waals surface area (Å²) in [5, 5.41) is 14.0. The third-order valence-electron chi connectivity index (χ3n) is 3.93. The number of nitrogens with two attached hydrogens (primary N) is 1. The van der Waals surface area contributed by atoms with Crippen molar-refractivity contribution in [1.29, 1.82) is 0 Å². The molecule has 1 atom stereocenters. The van der Waals surface area contributed by atoms with E-state index in [0.29, 0.717) is 12.5 Å². The van der Waals surface area contributed by atoms with E-state index in [1.165, 1.54) is 23.7 Å². The van der Waals surface area contributed by atoms with E-state index in [9.17, 15) is 5.11 Å². The SMILES string of the molecule is NC(O)Cc1ccc2ccn(C3CCNCC3)c2c1. The van der Waals surface area contributed by atoms with Gasteiger partial charge in [-0.05, 0) is 49.0 Å². The van der Waals surface area contributed by atoms with Crippen LogP contribution in [-0.4, -0.2) is 29.0 Å². The molecule has 0 radical (unpaired) electrons. The fraction of sp³-hybridized carbons (Fsp3) is 0.467. The molecule has 1 unspecified atom stereocenters. The molecule has 1 saturated heterocycles. The smallest absolute Gasteiger partial charge is 0.106 e. The minimum Gasteiger partial charge on any atom is -0.378 e. The average Bonchev–Trinajstić information content (AvgIpc) is 2.82. The van der Waals surface area contributed by atoms with Gasteiger partial charge in [-0.25, -0.2) is 0 Å². The number of hydrogen-bond acceptors (Lipinski definition) is 3. The zero-order chi connectivity index (χ0) is 13.2. The molecule has 19 heavy (non-hydrogen) atoms. The van der Waals surface area contributed by atoms with Gasteiger partial charge in [0.2, 0.25) is 0 Å². The van der Waals surface area contributed by atoms with Crippen LogP contribution < -0.4 is 11.1 Å². The normalized spacial score (nSPS) is 18.8. The summed E-state index contributed by atoms with van der Waals surface area (Å²) in [5.41, 5.74) is 7.81. The number of benzene rings is 1. The molecule has 2 aromatic rings. The van der Waals surface area contributed by atoms with Crippen molar-refractivity contribution in [2.75, 3.05) is 13.1 Å². The standard InChI is InChI=1S/C15H21N3O/c16-15(19)10-11-1-2-12-5-8-18(14(12)9-11)13-3-6-17-7-4-13/h1-2,5,8-9,13,15,17,19H,3-4,6-7,10,16H2. The molecule has 4 N–H and O–H groups in total. The van der Waals surface area contributed by atoms with Gasteiger partial charge in [0, 0.05) is 24.2 Å². The van der Waals surface area contributed by atoms with Gasteiger partial charge in [0.1, 0.15) is 6.23 Å². The highest BCUT2D eigenvalue weighted by atomic mass is 16.3. The summed E-state index contributed by atoms with van der Waals surface area (Å²) in [6, 6.07) is 9.07. The van der Waals surface area contributed by atoms with E-state index in [2.05, 4.69) is 34.3 Å². The molecule has 1 aliphatic heterocycles. The molecule has 3 rings (SSSR count). The number of fused-ring (bicyclic) bond motifs is 1. The van der Waals surface area contributed by atoms with Gasteiger partial charge in [-0.15, -0.1) is 0 Å². The Labute approximate surface area is 113 Å². The number of hydrogen-bond donors (Lipinski definition) is 3. The summed E-state index contributed by atoms with van der Waals surface area (Å²) in [7, 11) is 0. The molecule has 1 aromatic carbocycles. The highest BCUT2D eigenvalue weighted by Gasteiger charge is 2.16. The lowest BCUT2D eigenvalue weighted by molar-refractivity contribution is 0.183. The number of nitrogens with one attached hydrogen (secondary N) is 1. The number of piperidine rings is 1. The Hall–Kier alpha value is -1.36. The second-order valence-electron chi connectivity index (χ2n) is 5.37. The van der Waals surface area contributed by atoms with Crippen molar-refractivity contribution in [3.8, 4) is 0 Å². The Bertz CT molecular complexity index is 556. The number of aliphatic hydroxyl groups excluding tert-OH is 1. The van der Waals surface area contributed by atoms with Crippen LogP contribution in [0.15, 0.2) is 30.5 Å². The second-order valence-corrected chi connectivity index (χ2v) is 5.37. The van der Waals surface area contributed by atoms with Crippen LogP contribution >= 0.6 is 0 Å². The van der Waals surface area contributed by atoms with Crippen molar-refractivity contribution < 1.29 is 5.11 Å². The lowest BCUT2D eigenvalue weighted by Gasteiger charge is -2.25. The lowest BCUT2D eigenvalue weighted by atomic mass is 10.1. The molecule has 1 aliphatic rings. The van der Waals surface area contributed by atoms with Crippen LogP contribution in [0.25, 0.3) is 10.9 Å². The number of aliphatic hydroxyl groups is 1. The average molecular weight is 259 g/mol. The van der Waals surface area contributed by atoms with E-state index in [-0.39, 0.29) is 0 Å². The van der Waals surface area contributed by atoms with Gasteiger partial charge in [0.25, 0.3) is 0 Å². The highest BCUT2D eigenvalue weighted by molar-refractivity contribution is 5.81. The van der Waals surface area contributed by atoms with Crippen molar-refractivity contribution >= 4 is 10.9 Å². The predicted octanol–water partition coefficient (Wildman–Crippen LogP) is 1.39. The van der Waals surface area contributed by atoms with Crippen LogP contribution in [-0.2, 0) is 6.42 Å². The van der Waals surface area contributed by atoms with E-state index in [4.69, 9.17) is 5.73 Å². The first-order chi connectivity index (χ1) is 9.24. The minimum absolute atomic E-state index is 0.507. The third kappa shape index (κ3) is 2.66. The maximum absolute atomic E-state index is 9.31.